The third-order valence-electron chi connectivity index (χ3n) is 3.51. The summed E-state index contributed by atoms with van der Waals surface area (Å²) in [7, 11) is 4.64. The molecular formula is C18H20O6. The minimum absolute atomic E-state index is 0.141. The summed E-state index contributed by atoms with van der Waals surface area (Å²) in [6.07, 6.45) is -0.915. The van der Waals surface area contributed by atoms with E-state index in [0.717, 1.165) is 0 Å². The Bertz CT molecular complexity index is 680. The van der Waals surface area contributed by atoms with Crippen molar-refractivity contribution >= 4 is 5.97 Å². The highest BCUT2D eigenvalue weighted by Crippen LogP contribution is 2.26. The van der Waals surface area contributed by atoms with E-state index < -0.39 is 12.1 Å². The van der Waals surface area contributed by atoms with Crippen LogP contribution in [0, 0.1) is 0 Å². The van der Waals surface area contributed by atoms with Gasteiger partial charge in [-0.3, -0.25) is 0 Å². The van der Waals surface area contributed by atoms with Gasteiger partial charge in [0.05, 0.1) is 21.3 Å². The molecule has 0 heterocycles. The number of methoxy groups -OCH3 is 3. The summed E-state index contributed by atoms with van der Waals surface area (Å²) in [5, 5.41) is 9.46. The Morgan fingerprint density at radius 3 is 2.04 bits per heavy atom. The molecule has 24 heavy (non-hydrogen) atoms. The first-order valence-electron chi connectivity index (χ1n) is 7.31. The van der Waals surface area contributed by atoms with E-state index in [1.807, 2.05) is 0 Å². The lowest BCUT2D eigenvalue weighted by Crippen LogP contribution is -2.29. The van der Waals surface area contributed by atoms with E-state index in [1.54, 1.807) is 56.7 Å². The topological polar surface area (TPSA) is 74.2 Å². The Kier molecular flexibility index (Phi) is 5.89. The van der Waals surface area contributed by atoms with Gasteiger partial charge in [0, 0.05) is 12.0 Å². The first-order chi connectivity index (χ1) is 11.6. The molecule has 0 bridgehead atoms. The van der Waals surface area contributed by atoms with Crippen LogP contribution in [0.5, 0.6) is 23.0 Å². The smallest absolute Gasteiger partial charge is 0.345 e. The fraction of sp³-hybridized carbons (Fsp3) is 0.278. The van der Waals surface area contributed by atoms with Gasteiger partial charge in [0.25, 0.3) is 0 Å². The standard InChI is InChI=1S/C18H20O6/c1-21-13-4-6-14(7-5-13)24-17(18(19)20)11-12-10-15(22-2)8-9-16(12)23-3/h4-10,17H,11H2,1-3H3,(H,19,20)/t17-/m0/s1. The molecule has 0 fully saturated rings. The molecule has 0 unspecified atom stereocenters. The van der Waals surface area contributed by atoms with Crippen LogP contribution in [0.2, 0.25) is 0 Å². The zero-order chi connectivity index (χ0) is 17.5. The van der Waals surface area contributed by atoms with Crippen LogP contribution < -0.4 is 18.9 Å². The molecular weight excluding hydrogens is 312 g/mol. The number of aliphatic carboxylic acids is 1. The average molecular weight is 332 g/mol. The highest BCUT2D eigenvalue weighted by Gasteiger charge is 2.22. The third kappa shape index (κ3) is 4.32. The van der Waals surface area contributed by atoms with E-state index >= 15 is 0 Å². The van der Waals surface area contributed by atoms with Crippen molar-refractivity contribution in [3.8, 4) is 23.0 Å². The van der Waals surface area contributed by atoms with Gasteiger partial charge >= 0.3 is 5.97 Å². The van der Waals surface area contributed by atoms with Crippen molar-refractivity contribution in [1.29, 1.82) is 0 Å². The number of hydrogen-bond donors (Lipinski definition) is 1. The van der Waals surface area contributed by atoms with Crippen molar-refractivity contribution in [2.75, 3.05) is 21.3 Å². The van der Waals surface area contributed by atoms with E-state index in [9.17, 15) is 9.90 Å². The molecule has 0 aliphatic heterocycles. The van der Waals surface area contributed by atoms with Crippen LogP contribution in [-0.2, 0) is 11.2 Å². The number of ether oxygens (including phenoxy) is 4. The fourth-order valence-corrected chi connectivity index (χ4v) is 2.24. The molecule has 0 spiro atoms. The number of benzene rings is 2. The minimum atomic E-state index is -1.06. The van der Waals surface area contributed by atoms with Crippen LogP contribution in [0.4, 0.5) is 0 Å². The van der Waals surface area contributed by atoms with E-state index in [1.165, 1.54) is 7.11 Å². The molecule has 0 saturated carbocycles. The summed E-state index contributed by atoms with van der Waals surface area (Å²) in [6, 6.07) is 12.0. The van der Waals surface area contributed by atoms with Crippen LogP contribution in [0.15, 0.2) is 42.5 Å². The second-order valence-electron chi connectivity index (χ2n) is 5.00. The Balaban J connectivity index is 2.20. The number of rotatable bonds is 8. The van der Waals surface area contributed by atoms with E-state index in [0.29, 0.717) is 28.6 Å². The Morgan fingerprint density at radius 2 is 1.50 bits per heavy atom. The molecule has 6 heteroatoms. The number of carbonyl (C=O) groups is 1. The van der Waals surface area contributed by atoms with Gasteiger partial charge in [-0.25, -0.2) is 4.79 Å². The van der Waals surface area contributed by atoms with Crippen LogP contribution in [0.3, 0.4) is 0 Å². The molecule has 2 aromatic rings. The molecule has 0 aliphatic carbocycles. The second kappa shape index (κ2) is 8.10. The van der Waals surface area contributed by atoms with Crippen molar-refractivity contribution in [2.45, 2.75) is 12.5 Å². The Morgan fingerprint density at radius 1 is 0.917 bits per heavy atom. The van der Waals surface area contributed by atoms with Crippen LogP contribution in [0.25, 0.3) is 0 Å². The van der Waals surface area contributed by atoms with Crippen molar-refractivity contribution in [3.63, 3.8) is 0 Å². The predicted octanol–water partition coefficient (Wildman–Crippen LogP) is 2.79. The van der Waals surface area contributed by atoms with E-state index in [-0.39, 0.29) is 6.42 Å². The van der Waals surface area contributed by atoms with Crippen LogP contribution in [-0.4, -0.2) is 38.5 Å². The lowest BCUT2D eigenvalue weighted by Gasteiger charge is -2.17. The van der Waals surface area contributed by atoms with E-state index in [2.05, 4.69) is 0 Å². The number of hydrogen-bond acceptors (Lipinski definition) is 5. The molecule has 2 aromatic carbocycles. The summed E-state index contributed by atoms with van der Waals surface area (Å²) >= 11 is 0. The summed E-state index contributed by atoms with van der Waals surface area (Å²) in [5.41, 5.74) is 0.692. The molecule has 0 saturated heterocycles. The van der Waals surface area contributed by atoms with Gasteiger partial charge in [0.1, 0.15) is 23.0 Å². The first-order valence-corrected chi connectivity index (χ1v) is 7.31. The van der Waals surface area contributed by atoms with Crippen molar-refractivity contribution in [2.24, 2.45) is 0 Å². The quantitative estimate of drug-likeness (QED) is 0.801. The van der Waals surface area contributed by atoms with Gasteiger partial charge < -0.3 is 24.1 Å². The Hall–Kier alpha value is -2.89. The van der Waals surface area contributed by atoms with Gasteiger partial charge in [-0.1, -0.05) is 0 Å². The SMILES string of the molecule is COc1ccc(O[C@@H](Cc2cc(OC)ccc2OC)C(=O)O)cc1. The molecule has 1 N–H and O–H groups in total. The Labute approximate surface area is 140 Å². The fourth-order valence-electron chi connectivity index (χ4n) is 2.24. The van der Waals surface area contributed by atoms with Gasteiger partial charge in [0.15, 0.2) is 6.10 Å². The van der Waals surface area contributed by atoms with Gasteiger partial charge in [-0.2, -0.15) is 0 Å². The number of carboxylic acid groups (broad SMARTS) is 1. The first kappa shape index (κ1) is 17.5. The zero-order valence-electron chi connectivity index (χ0n) is 13.8. The molecule has 0 aliphatic rings. The minimum Gasteiger partial charge on any atom is -0.497 e. The molecule has 0 radical (unpaired) electrons. The largest absolute Gasteiger partial charge is 0.497 e. The maximum absolute atomic E-state index is 11.6. The second-order valence-corrected chi connectivity index (χ2v) is 5.00. The summed E-state index contributed by atoms with van der Waals surface area (Å²) < 4.78 is 21.1. The van der Waals surface area contributed by atoms with E-state index in [4.69, 9.17) is 18.9 Å². The maximum atomic E-state index is 11.6. The number of carboxylic acids is 1. The highest BCUT2D eigenvalue weighted by atomic mass is 16.5. The third-order valence-corrected chi connectivity index (χ3v) is 3.51. The zero-order valence-corrected chi connectivity index (χ0v) is 13.8. The highest BCUT2D eigenvalue weighted by molar-refractivity contribution is 5.73. The van der Waals surface area contributed by atoms with Crippen LogP contribution in [0.1, 0.15) is 5.56 Å². The van der Waals surface area contributed by atoms with Gasteiger partial charge in [-0.15, -0.1) is 0 Å². The lowest BCUT2D eigenvalue weighted by molar-refractivity contribution is -0.145. The monoisotopic (exact) mass is 332 g/mol. The van der Waals surface area contributed by atoms with Crippen molar-refractivity contribution in [1.82, 2.24) is 0 Å². The average Bonchev–Trinajstić information content (AvgIpc) is 2.61. The molecule has 0 aromatic heterocycles. The van der Waals surface area contributed by atoms with Crippen molar-refractivity contribution < 1.29 is 28.8 Å². The summed E-state index contributed by atoms with van der Waals surface area (Å²) in [4.78, 5) is 11.6. The summed E-state index contributed by atoms with van der Waals surface area (Å²) in [6.45, 7) is 0. The van der Waals surface area contributed by atoms with Crippen molar-refractivity contribution in [3.05, 3.63) is 48.0 Å². The molecule has 2 rings (SSSR count). The molecule has 6 nitrogen and oxygen atoms in total. The predicted molar refractivity (Wildman–Crippen MR) is 88.3 cm³/mol. The molecule has 128 valence electrons. The maximum Gasteiger partial charge on any atom is 0.345 e. The summed E-state index contributed by atoms with van der Waals surface area (Å²) in [5.74, 6) is 1.27. The van der Waals surface area contributed by atoms with Gasteiger partial charge in [0.2, 0.25) is 0 Å². The van der Waals surface area contributed by atoms with Gasteiger partial charge in [-0.05, 0) is 42.5 Å². The van der Waals surface area contributed by atoms with Crippen LogP contribution >= 0.6 is 0 Å². The lowest BCUT2D eigenvalue weighted by atomic mass is 10.1. The molecule has 1 atom stereocenters. The normalized spacial score (nSPS) is 11.5. The molecule has 0 amide bonds.